The molecular weight excluding hydrogens is 605 g/mol. The van der Waals surface area contributed by atoms with E-state index in [1.54, 1.807) is 37.1 Å². The standard InChI is InChI=1S/C31H31F3N8O4/c1-44-20-5-4-17(24(12-20)45-2)16-35-29-37-27-21(10-18(32)11-25(27)46-3)28-36-26(39-42(28)29)7-9-30(43)8-6-23-22(15-30)38-40-41(23)19-13-31(33,34)14-19/h4-5,7,9-12,19,43H,6,8,13-16H2,1-3H3,(H,35,37). The summed E-state index contributed by atoms with van der Waals surface area (Å²) in [6.07, 6.45) is 3.62. The largest absolute Gasteiger partial charge is 0.497 e. The van der Waals surface area contributed by atoms with Crippen molar-refractivity contribution in [2.45, 2.75) is 56.2 Å². The van der Waals surface area contributed by atoms with Crippen LogP contribution >= 0.6 is 0 Å². The summed E-state index contributed by atoms with van der Waals surface area (Å²) in [6.45, 7) is 0.302. The highest BCUT2D eigenvalue weighted by Gasteiger charge is 2.48. The Morgan fingerprint density at radius 1 is 1.07 bits per heavy atom. The maximum absolute atomic E-state index is 14.6. The van der Waals surface area contributed by atoms with Crippen molar-refractivity contribution in [2.24, 2.45) is 0 Å². The number of benzene rings is 2. The number of hydrogen-bond acceptors (Lipinski definition) is 10. The van der Waals surface area contributed by atoms with Gasteiger partial charge in [0.25, 0.3) is 5.92 Å². The molecule has 1 atom stereocenters. The number of methoxy groups -OCH3 is 3. The Hall–Kier alpha value is -4.92. The minimum Gasteiger partial charge on any atom is -0.497 e. The molecule has 2 aromatic carbocycles. The van der Waals surface area contributed by atoms with Gasteiger partial charge in [-0.3, -0.25) is 0 Å². The molecule has 3 heterocycles. The number of nitrogens with one attached hydrogen (secondary N) is 1. The highest BCUT2D eigenvalue weighted by molar-refractivity contribution is 5.96. The molecule has 15 heteroatoms. The third-order valence-electron chi connectivity index (χ3n) is 8.57. The zero-order valence-electron chi connectivity index (χ0n) is 25.3. The Kier molecular flexibility index (Phi) is 7.22. The number of aliphatic hydroxyl groups is 1. The number of rotatable bonds is 9. The lowest BCUT2D eigenvalue weighted by atomic mass is 9.83. The van der Waals surface area contributed by atoms with Crippen LogP contribution in [0.2, 0.25) is 0 Å². The fraction of sp³-hybridized carbons (Fsp3) is 0.387. The first-order valence-corrected chi connectivity index (χ1v) is 14.7. The maximum Gasteiger partial charge on any atom is 0.252 e. The van der Waals surface area contributed by atoms with Gasteiger partial charge in [-0.05, 0) is 43.2 Å². The molecule has 7 rings (SSSR count). The highest BCUT2D eigenvalue weighted by Crippen LogP contribution is 2.46. The molecule has 12 nitrogen and oxygen atoms in total. The molecule has 5 aromatic rings. The molecule has 0 spiro atoms. The number of aromatic nitrogens is 7. The van der Waals surface area contributed by atoms with Crippen LogP contribution in [0, 0.1) is 5.82 Å². The molecule has 0 aliphatic heterocycles. The van der Waals surface area contributed by atoms with E-state index in [4.69, 9.17) is 19.2 Å². The van der Waals surface area contributed by atoms with Gasteiger partial charge in [-0.2, -0.15) is 4.52 Å². The van der Waals surface area contributed by atoms with Gasteiger partial charge in [0.05, 0.1) is 49.7 Å². The topological polar surface area (TPSA) is 134 Å². The molecular formula is C31H31F3N8O4. The van der Waals surface area contributed by atoms with Gasteiger partial charge in [0.2, 0.25) is 5.95 Å². The summed E-state index contributed by atoms with van der Waals surface area (Å²) in [5.74, 6) is -1.14. The van der Waals surface area contributed by atoms with E-state index in [1.165, 1.54) is 23.8 Å². The van der Waals surface area contributed by atoms with Gasteiger partial charge in [-0.1, -0.05) is 5.21 Å². The molecule has 2 aliphatic rings. The third kappa shape index (κ3) is 5.33. The number of ether oxygens (including phenoxy) is 3. The Balaban J connectivity index is 1.20. The van der Waals surface area contributed by atoms with Crippen molar-refractivity contribution in [1.29, 1.82) is 0 Å². The average Bonchev–Trinajstić information content (AvgIpc) is 3.65. The Bertz CT molecular complexity index is 1990. The molecule has 0 radical (unpaired) electrons. The second kappa shape index (κ2) is 11.2. The van der Waals surface area contributed by atoms with Gasteiger partial charge >= 0.3 is 0 Å². The summed E-state index contributed by atoms with van der Waals surface area (Å²) < 4.78 is 60.8. The number of fused-ring (bicyclic) bond motifs is 4. The van der Waals surface area contributed by atoms with Gasteiger partial charge in [-0.25, -0.2) is 27.8 Å². The number of nitrogens with zero attached hydrogens (tertiary/aromatic N) is 7. The Labute approximate surface area is 260 Å². The van der Waals surface area contributed by atoms with Gasteiger partial charge in [0.1, 0.15) is 28.6 Å². The van der Waals surface area contributed by atoms with E-state index in [9.17, 15) is 18.3 Å². The normalized spacial score (nSPS) is 19.4. The highest BCUT2D eigenvalue weighted by atomic mass is 19.3. The monoisotopic (exact) mass is 636 g/mol. The van der Waals surface area contributed by atoms with E-state index in [0.29, 0.717) is 59.1 Å². The lowest BCUT2D eigenvalue weighted by Gasteiger charge is -2.36. The minimum absolute atomic E-state index is 0.165. The first-order chi connectivity index (χ1) is 22.1. The zero-order valence-corrected chi connectivity index (χ0v) is 25.3. The summed E-state index contributed by atoms with van der Waals surface area (Å²) in [6, 6.07) is 7.64. The average molecular weight is 637 g/mol. The van der Waals surface area contributed by atoms with Crippen LogP contribution in [0.15, 0.2) is 36.4 Å². The SMILES string of the molecule is COc1ccc(CNc2nc3c(OC)cc(F)cc3c3nc(C=CC4(O)CCc5c(nnn5C5CC(F)(F)C5)C4)nn23)c(OC)c1. The second-order valence-electron chi connectivity index (χ2n) is 11.6. The third-order valence-corrected chi connectivity index (χ3v) is 8.57. The molecule has 0 amide bonds. The second-order valence-corrected chi connectivity index (χ2v) is 11.6. The number of alkyl halides is 2. The van der Waals surface area contributed by atoms with Crippen LogP contribution in [0.3, 0.4) is 0 Å². The fourth-order valence-corrected chi connectivity index (χ4v) is 6.10. The number of anilines is 1. The quantitative estimate of drug-likeness (QED) is 0.237. The summed E-state index contributed by atoms with van der Waals surface area (Å²) in [5, 5.41) is 28.0. The van der Waals surface area contributed by atoms with Gasteiger partial charge in [0.15, 0.2) is 11.5 Å². The fourth-order valence-electron chi connectivity index (χ4n) is 6.10. The van der Waals surface area contributed by atoms with Crippen molar-refractivity contribution < 1.29 is 32.5 Å². The molecule has 2 N–H and O–H groups in total. The van der Waals surface area contributed by atoms with E-state index in [-0.39, 0.29) is 36.9 Å². The Morgan fingerprint density at radius 3 is 2.61 bits per heavy atom. The first kappa shape index (κ1) is 29.8. The molecule has 46 heavy (non-hydrogen) atoms. The van der Waals surface area contributed by atoms with Gasteiger partial charge in [0, 0.05) is 43.5 Å². The molecule has 1 unspecified atom stereocenters. The van der Waals surface area contributed by atoms with Gasteiger partial charge in [-0.15, -0.1) is 10.2 Å². The molecule has 1 saturated carbocycles. The summed E-state index contributed by atoms with van der Waals surface area (Å²) >= 11 is 0. The minimum atomic E-state index is -2.67. The molecule has 2 aliphatic carbocycles. The van der Waals surface area contributed by atoms with Crippen LogP contribution in [-0.2, 0) is 19.4 Å². The molecule has 1 fully saturated rings. The van der Waals surface area contributed by atoms with Crippen molar-refractivity contribution in [3.63, 3.8) is 0 Å². The number of hydrogen-bond donors (Lipinski definition) is 2. The van der Waals surface area contributed by atoms with Crippen molar-refractivity contribution in [1.82, 2.24) is 34.6 Å². The summed E-state index contributed by atoms with van der Waals surface area (Å²) in [5.41, 5.74) is 1.61. The number of halogens is 3. The van der Waals surface area contributed by atoms with E-state index in [1.807, 2.05) is 12.1 Å². The van der Waals surface area contributed by atoms with E-state index in [0.717, 1.165) is 11.3 Å². The molecule has 240 valence electrons. The lowest BCUT2D eigenvalue weighted by Crippen LogP contribution is -2.39. The first-order valence-electron chi connectivity index (χ1n) is 14.7. The predicted octanol–water partition coefficient (Wildman–Crippen LogP) is 4.55. The van der Waals surface area contributed by atoms with Crippen LogP contribution in [0.1, 0.15) is 48.1 Å². The van der Waals surface area contributed by atoms with Gasteiger partial charge < -0.3 is 24.6 Å². The maximum atomic E-state index is 14.6. The molecule has 0 bridgehead atoms. The van der Waals surface area contributed by atoms with Crippen LogP contribution < -0.4 is 19.5 Å². The smallest absolute Gasteiger partial charge is 0.252 e. The summed E-state index contributed by atoms with van der Waals surface area (Å²) in [7, 11) is 4.58. The summed E-state index contributed by atoms with van der Waals surface area (Å²) in [4.78, 5) is 9.37. The lowest BCUT2D eigenvalue weighted by molar-refractivity contribution is -0.108. The molecule has 3 aromatic heterocycles. The van der Waals surface area contributed by atoms with Crippen LogP contribution in [0.5, 0.6) is 17.2 Å². The van der Waals surface area contributed by atoms with Crippen molar-refractivity contribution in [2.75, 3.05) is 26.6 Å². The van der Waals surface area contributed by atoms with Crippen molar-refractivity contribution in [3.8, 4) is 17.2 Å². The Morgan fingerprint density at radius 2 is 1.87 bits per heavy atom. The zero-order chi connectivity index (χ0) is 32.2. The molecule has 0 saturated heterocycles. The van der Waals surface area contributed by atoms with E-state index < -0.39 is 17.3 Å². The predicted molar refractivity (Wildman–Crippen MR) is 161 cm³/mol. The van der Waals surface area contributed by atoms with Crippen LogP contribution in [0.25, 0.3) is 22.6 Å². The van der Waals surface area contributed by atoms with Crippen LogP contribution in [0.4, 0.5) is 19.1 Å². The van der Waals surface area contributed by atoms with E-state index >= 15 is 0 Å². The van der Waals surface area contributed by atoms with Crippen molar-refractivity contribution in [3.05, 3.63) is 65.0 Å². The van der Waals surface area contributed by atoms with E-state index in [2.05, 4.69) is 25.7 Å². The van der Waals surface area contributed by atoms with Crippen LogP contribution in [-0.4, -0.2) is 72.5 Å². The van der Waals surface area contributed by atoms with Crippen molar-refractivity contribution >= 4 is 28.6 Å².